The van der Waals surface area contributed by atoms with E-state index in [4.69, 9.17) is 4.74 Å². The Bertz CT molecular complexity index is 551. The topological polar surface area (TPSA) is 70.1 Å². The highest BCUT2D eigenvalue weighted by Crippen LogP contribution is 2.32. The summed E-state index contributed by atoms with van der Waals surface area (Å²) in [5.74, 6) is -0.979. The molecule has 1 aliphatic rings. The molecule has 0 aliphatic carbocycles. The van der Waals surface area contributed by atoms with Crippen LogP contribution in [0.3, 0.4) is 0 Å². The van der Waals surface area contributed by atoms with Crippen molar-refractivity contribution in [3.63, 3.8) is 0 Å². The molecule has 0 aromatic heterocycles. The minimum atomic E-state index is -1.23. The Hall–Kier alpha value is -2.08. The van der Waals surface area contributed by atoms with Crippen LogP contribution in [0.1, 0.15) is 25.8 Å². The Morgan fingerprint density at radius 3 is 2.52 bits per heavy atom. The first-order valence-corrected chi connectivity index (χ1v) is 7.82. The molecule has 1 fully saturated rings. The molecule has 6 heteroatoms. The highest BCUT2D eigenvalue weighted by Gasteiger charge is 2.53. The van der Waals surface area contributed by atoms with E-state index in [1.807, 2.05) is 49.2 Å². The van der Waals surface area contributed by atoms with E-state index in [9.17, 15) is 14.7 Å². The number of hydrogen-bond donors (Lipinski definition) is 1. The maximum absolute atomic E-state index is 12.5. The molecule has 2 rings (SSSR count). The van der Waals surface area contributed by atoms with E-state index in [0.29, 0.717) is 19.5 Å². The molecule has 6 nitrogen and oxygen atoms in total. The minimum Gasteiger partial charge on any atom is -0.479 e. The second kappa shape index (κ2) is 7.00. The van der Waals surface area contributed by atoms with Gasteiger partial charge in [0.25, 0.3) is 0 Å². The maximum Gasteiger partial charge on any atom is 0.411 e. The lowest BCUT2D eigenvalue weighted by atomic mass is 9.94. The van der Waals surface area contributed by atoms with E-state index in [1.54, 1.807) is 6.92 Å². The molecule has 1 aliphatic heterocycles. The zero-order valence-electron chi connectivity index (χ0n) is 13.9. The number of likely N-dealkylation sites (tertiary alicyclic amines) is 1. The van der Waals surface area contributed by atoms with Crippen LogP contribution in [0.5, 0.6) is 0 Å². The second-order valence-corrected chi connectivity index (χ2v) is 6.09. The Morgan fingerprint density at radius 2 is 2.04 bits per heavy atom. The number of aliphatic carboxylic acids is 1. The molecule has 2 atom stereocenters. The third kappa shape index (κ3) is 3.47. The van der Waals surface area contributed by atoms with Crippen LogP contribution in [-0.2, 0) is 16.1 Å². The van der Waals surface area contributed by atoms with E-state index < -0.39 is 17.6 Å². The van der Waals surface area contributed by atoms with E-state index in [-0.39, 0.29) is 12.6 Å². The Kier molecular flexibility index (Phi) is 5.26. The molecule has 0 radical (unpaired) electrons. The third-order valence-electron chi connectivity index (χ3n) is 4.55. The van der Waals surface area contributed by atoms with E-state index in [2.05, 4.69) is 0 Å². The van der Waals surface area contributed by atoms with Crippen LogP contribution >= 0.6 is 0 Å². The van der Waals surface area contributed by atoms with Gasteiger partial charge in [0, 0.05) is 19.1 Å². The normalized spacial score (nSPS) is 24.4. The predicted molar refractivity (Wildman–Crippen MR) is 86.1 cm³/mol. The first kappa shape index (κ1) is 17.3. The molecule has 0 spiro atoms. The van der Waals surface area contributed by atoms with Gasteiger partial charge in [0.1, 0.15) is 6.61 Å². The van der Waals surface area contributed by atoms with Crippen molar-refractivity contribution in [3.05, 3.63) is 35.9 Å². The number of rotatable bonds is 5. The number of benzene rings is 1. The summed E-state index contributed by atoms with van der Waals surface area (Å²) in [6.07, 6.45) is -0.186. The predicted octanol–water partition coefficient (Wildman–Crippen LogP) is 2.19. The van der Waals surface area contributed by atoms with Crippen LogP contribution in [0.25, 0.3) is 0 Å². The fraction of sp³-hybridized carbons (Fsp3) is 0.529. The molecule has 126 valence electrons. The molecule has 0 saturated carbocycles. The first-order chi connectivity index (χ1) is 10.9. The largest absolute Gasteiger partial charge is 0.479 e. The van der Waals surface area contributed by atoms with Gasteiger partial charge in [-0.05, 0) is 32.9 Å². The minimum absolute atomic E-state index is 0.0991. The van der Waals surface area contributed by atoms with Crippen molar-refractivity contribution >= 4 is 12.1 Å². The number of ether oxygens (including phenoxy) is 1. The standard InChI is InChI=1S/C17H24N2O4/c1-4-19(16(22)23-11-14-8-6-5-7-9-14)17(15(20)21)10-13(2)18(3)12-17/h5-9,13H,4,10-12H2,1-3H3,(H,20,21). The summed E-state index contributed by atoms with van der Waals surface area (Å²) >= 11 is 0. The molecule has 1 N–H and O–H groups in total. The van der Waals surface area contributed by atoms with Gasteiger partial charge < -0.3 is 14.7 Å². The molecular formula is C17H24N2O4. The summed E-state index contributed by atoms with van der Waals surface area (Å²) in [4.78, 5) is 27.7. The lowest BCUT2D eigenvalue weighted by molar-refractivity contribution is -0.149. The zero-order chi connectivity index (χ0) is 17.0. The second-order valence-electron chi connectivity index (χ2n) is 6.09. The van der Waals surface area contributed by atoms with Gasteiger partial charge in [0.15, 0.2) is 5.54 Å². The van der Waals surface area contributed by atoms with Crippen molar-refractivity contribution in [3.8, 4) is 0 Å². The number of likely N-dealkylation sites (N-methyl/N-ethyl adjacent to an activating group) is 2. The lowest BCUT2D eigenvalue weighted by Crippen LogP contribution is -2.58. The fourth-order valence-corrected chi connectivity index (χ4v) is 3.15. The molecule has 1 aromatic rings. The SMILES string of the molecule is CCN(C(=O)OCc1ccccc1)C1(C(=O)O)CC(C)N(C)C1. The molecule has 23 heavy (non-hydrogen) atoms. The molecular weight excluding hydrogens is 296 g/mol. The smallest absolute Gasteiger partial charge is 0.411 e. The number of carboxylic acids is 1. The van der Waals surface area contributed by atoms with Gasteiger partial charge in [-0.1, -0.05) is 30.3 Å². The van der Waals surface area contributed by atoms with Gasteiger partial charge in [-0.15, -0.1) is 0 Å². The number of nitrogens with zero attached hydrogens (tertiary/aromatic N) is 2. The average Bonchev–Trinajstić information content (AvgIpc) is 2.83. The van der Waals surface area contributed by atoms with Crippen molar-refractivity contribution in [1.82, 2.24) is 9.80 Å². The maximum atomic E-state index is 12.5. The molecule has 2 unspecified atom stereocenters. The van der Waals surface area contributed by atoms with Crippen molar-refractivity contribution < 1.29 is 19.4 Å². The summed E-state index contributed by atoms with van der Waals surface area (Å²) in [6, 6.07) is 9.45. The Balaban J connectivity index is 2.13. The summed E-state index contributed by atoms with van der Waals surface area (Å²) in [5, 5.41) is 9.76. The highest BCUT2D eigenvalue weighted by atomic mass is 16.6. The van der Waals surface area contributed by atoms with E-state index in [0.717, 1.165) is 5.56 Å². The number of hydrogen-bond acceptors (Lipinski definition) is 4. The van der Waals surface area contributed by atoms with Gasteiger partial charge in [-0.25, -0.2) is 9.59 Å². The van der Waals surface area contributed by atoms with Gasteiger partial charge >= 0.3 is 12.1 Å². The van der Waals surface area contributed by atoms with Crippen LogP contribution in [0.2, 0.25) is 0 Å². The van der Waals surface area contributed by atoms with Gasteiger partial charge in [-0.3, -0.25) is 4.90 Å². The average molecular weight is 320 g/mol. The van der Waals surface area contributed by atoms with Crippen LogP contribution < -0.4 is 0 Å². The molecule has 0 bridgehead atoms. The van der Waals surface area contributed by atoms with Crippen molar-refractivity contribution in [1.29, 1.82) is 0 Å². The quantitative estimate of drug-likeness (QED) is 0.900. The molecule has 1 amide bonds. The van der Waals surface area contributed by atoms with Crippen LogP contribution in [0.4, 0.5) is 4.79 Å². The number of carboxylic acid groups (broad SMARTS) is 1. The molecule has 1 saturated heterocycles. The van der Waals surface area contributed by atoms with Crippen molar-refractivity contribution in [2.75, 3.05) is 20.1 Å². The fourth-order valence-electron chi connectivity index (χ4n) is 3.15. The van der Waals surface area contributed by atoms with E-state index in [1.165, 1.54) is 4.90 Å². The lowest BCUT2D eigenvalue weighted by Gasteiger charge is -2.36. The van der Waals surface area contributed by atoms with Crippen molar-refractivity contribution in [2.24, 2.45) is 0 Å². The van der Waals surface area contributed by atoms with Crippen LogP contribution in [0.15, 0.2) is 30.3 Å². The number of amides is 1. The van der Waals surface area contributed by atoms with Crippen molar-refractivity contribution in [2.45, 2.75) is 38.5 Å². The first-order valence-electron chi connectivity index (χ1n) is 7.82. The Labute approximate surface area is 136 Å². The van der Waals surface area contributed by atoms with Crippen LogP contribution in [0, 0.1) is 0 Å². The van der Waals surface area contributed by atoms with Gasteiger partial charge in [-0.2, -0.15) is 0 Å². The zero-order valence-corrected chi connectivity index (χ0v) is 13.9. The summed E-state index contributed by atoms with van der Waals surface area (Å²) in [7, 11) is 1.87. The highest BCUT2D eigenvalue weighted by molar-refractivity contribution is 5.85. The van der Waals surface area contributed by atoms with Gasteiger partial charge in [0.2, 0.25) is 0 Å². The van der Waals surface area contributed by atoms with Crippen LogP contribution in [-0.4, -0.2) is 58.7 Å². The summed E-state index contributed by atoms with van der Waals surface area (Å²) in [5.41, 5.74) is -0.352. The van der Waals surface area contributed by atoms with Gasteiger partial charge in [0.05, 0.1) is 0 Å². The number of carbonyl (C=O) groups excluding carboxylic acids is 1. The molecule has 1 heterocycles. The summed E-state index contributed by atoms with van der Waals surface area (Å²) in [6.45, 7) is 4.47. The molecule has 1 aromatic carbocycles. The number of carbonyl (C=O) groups is 2. The monoisotopic (exact) mass is 320 g/mol. The third-order valence-corrected chi connectivity index (χ3v) is 4.55. The summed E-state index contributed by atoms with van der Waals surface area (Å²) < 4.78 is 5.34. The van der Waals surface area contributed by atoms with E-state index >= 15 is 0 Å². The Morgan fingerprint density at radius 1 is 1.39 bits per heavy atom.